The molecule has 6 heteroatoms. The second-order valence-corrected chi connectivity index (χ2v) is 7.35. The van der Waals surface area contributed by atoms with Crippen molar-refractivity contribution in [1.82, 2.24) is 15.1 Å². The standard InChI is InChI=1S/C22H36N4O.HI/c1-5-6-7-14-25(3)22(23-2)24-17-19-12-15-26(16-13-19)18-20-8-10-21(27-4)11-9-20;/h5,8-11,19H,1,6-7,12-18H2,2-4H3,(H,23,24);1H. The fourth-order valence-corrected chi connectivity index (χ4v) is 3.54. The Morgan fingerprint density at radius 2 is 2.00 bits per heavy atom. The van der Waals surface area contributed by atoms with E-state index < -0.39 is 0 Å². The molecule has 0 amide bonds. The number of hydrogen-bond donors (Lipinski definition) is 1. The van der Waals surface area contributed by atoms with Crippen LogP contribution in [0.4, 0.5) is 0 Å². The molecule has 0 radical (unpaired) electrons. The molecule has 0 spiro atoms. The van der Waals surface area contributed by atoms with Crippen LogP contribution in [0.1, 0.15) is 31.2 Å². The number of benzene rings is 1. The number of hydrogen-bond acceptors (Lipinski definition) is 3. The molecule has 1 heterocycles. The zero-order valence-electron chi connectivity index (χ0n) is 17.7. The summed E-state index contributed by atoms with van der Waals surface area (Å²) >= 11 is 0. The first-order valence-electron chi connectivity index (χ1n) is 10.0. The van der Waals surface area contributed by atoms with Crippen molar-refractivity contribution in [3.8, 4) is 5.75 Å². The minimum atomic E-state index is 0. The minimum Gasteiger partial charge on any atom is -0.497 e. The van der Waals surface area contributed by atoms with Crippen LogP contribution in [0.5, 0.6) is 5.75 Å². The molecule has 0 saturated carbocycles. The zero-order valence-corrected chi connectivity index (χ0v) is 20.0. The third-order valence-corrected chi connectivity index (χ3v) is 5.30. The molecule has 1 fully saturated rings. The Hall–Kier alpha value is -1.28. The molecule has 0 atom stereocenters. The molecule has 0 unspecified atom stereocenters. The Balaban J connectivity index is 0.00000392. The predicted molar refractivity (Wildman–Crippen MR) is 130 cm³/mol. The van der Waals surface area contributed by atoms with Gasteiger partial charge < -0.3 is 15.0 Å². The SMILES string of the molecule is C=CCCCN(C)C(=NC)NCC1CCN(Cc2ccc(OC)cc2)CC1.I. The van der Waals surface area contributed by atoms with Crippen LogP contribution in [0.3, 0.4) is 0 Å². The van der Waals surface area contributed by atoms with Crippen LogP contribution < -0.4 is 10.1 Å². The van der Waals surface area contributed by atoms with Gasteiger partial charge in [0.15, 0.2) is 5.96 Å². The molecular formula is C22H37IN4O. The number of ether oxygens (including phenoxy) is 1. The van der Waals surface area contributed by atoms with E-state index in [2.05, 4.69) is 45.9 Å². The molecule has 5 nitrogen and oxygen atoms in total. The Bertz CT molecular complexity index is 583. The molecule has 0 aromatic heterocycles. The van der Waals surface area contributed by atoms with Crippen molar-refractivity contribution in [2.45, 2.75) is 32.2 Å². The van der Waals surface area contributed by atoms with Crippen molar-refractivity contribution in [3.05, 3.63) is 42.5 Å². The molecular weight excluding hydrogens is 463 g/mol. The summed E-state index contributed by atoms with van der Waals surface area (Å²) < 4.78 is 5.23. The summed E-state index contributed by atoms with van der Waals surface area (Å²) in [4.78, 5) is 9.18. The molecule has 1 aliphatic heterocycles. The van der Waals surface area contributed by atoms with Gasteiger partial charge in [-0.3, -0.25) is 9.89 Å². The number of guanidine groups is 1. The first kappa shape index (κ1) is 24.8. The maximum atomic E-state index is 5.23. The lowest BCUT2D eigenvalue weighted by molar-refractivity contribution is 0.177. The van der Waals surface area contributed by atoms with Crippen LogP contribution in [0.2, 0.25) is 0 Å². The molecule has 1 aliphatic rings. The summed E-state index contributed by atoms with van der Waals surface area (Å²) in [5.41, 5.74) is 1.36. The average Bonchev–Trinajstić information content (AvgIpc) is 2.70. The minimum absolute atomic E-state index is 0. The van der Waals surface area contributed by atoms with Gasteiger partial charge in [-0.2, -0.15) is 0 Å². The summed E-state index contributed by atoms with van der Waals surface area (Å²) in [6, 6.07) is 8.42. The highest BCUT2D eigenvalue weighted by atomic mass is 127. The Kier molecular flexibility index (Phi) is 12.2. The lowest BCUT2D eigenvalue weighted by atomic mass is 9.96. The van der Waals surface area contributed by atoms with Crippen LogP contribution in [0.25, 0.3) is 0 Å². The second-order valence-electron chi connectivity index (χ2n) is 7.35. The van der Waals surface area contributed by atoms with E-state index in [0.717, 1.165) is 63.2 Å². The summed E-state index contributed by atoms with van der Waals surface area (Å²) in [5, 5.41) is 3.56. The molecule has 1 saturated heterocycles. The maximum absolute atomic E-state index is 5.23. The number of unbranched alkanes of at least 4 members (excludes halogenated alkanes) is 1. The highest BCUT2D eigenvalue weighted by molar-refractivity contribution is 14.0. The number of nitrogens with zero attached hydrogens (tertiary/aromatic N) is 3. The molecule has 28 heavy (non-hydrogen) atoms. The van der Waals surface area contributed by atoms with Gasteiger partial charge in [-0.05, 0) is 62.4 Å². The molecule has 1 aromatic rings. The van der Waals surface area contributed by atoms with E-state index >= 15 is 0 Å². The fraction of sp³-hybridized carbons (Fsp3) is 0.591. The number of aliphatic imine (C=N–C) groups is 1. The lowest BCUT2D eigenvalue weighted by Gasteiger charge is -2.33. The molecule has 2 rings (SSSR count). The van der Waals surface area contributed by atoms with Gasteiger partial charge in [-0.15, -0.1) is 30.6 Å². The number of methoxy groups -OCH3 is 1. The Morgan fingerprint density at radius 1 is 1.32 bits per heavy atom. The number of nitrogens with one attached hydrogen (secondary N) is 1. The van der Waals surface area contributed by atoms with Crippen molar-refractivity contribution in [2.24, 2.45) is 10.9 Å². The smallest absolute Gasteiger partial charge is 0.193 e. The van der Waals surface area contributed by atoms with Crippen molar-refractivity contribution in [2.75, 3.05) is 47.4 Å². The molecule has 0 aliphatic carbocycles. The number of rotatable bonds is 9. The van der Waals surface area contributed by atoms with Gasteiger partial charge in [0.1, 0.15) is 5.75 Å². The average molecular weight is 500 g/mol. The first-order valence-corrected chi connectivity index (χ1v) is 10.0. The predicted octanol–water partition coefficient (Wildman–Crippen LogP) is 4.00. The zero-order chi connectivity index (χ0) is 19.5. The third kappa shape index (κ3) is 8.39. The quantitative estimate of drug-likeness (QED) is 0.183. The van der Waals surface area contributed by atoms with Crippen LogP contribution >= 0.6 is 24.0 Å². The summed E-state index contributed by atoms with van der Waals surface area (Å²) in [5.74, 6) is 2.64. The molecule has 158 valence electrons. The van der Waals surface area contributed by atoms with E-state index in [9.17, 15) is 0 Å². The van der Waals surface area contributed by atoms with Crippen LogP contribution in [-0.4, -0.2) is 63.1 Å². The van der Waals surface area contributed by atoms with Gasteiger partial charge in [-0.1, -0.05) is 18.2 Å². The summed E-state index contributed by atoms with van der Waals surface area (Å²) in [6.07, 6.45) is 6.61. The highest BCUT2D eigenvalue weighted by Crippen LogP contribution is 2.19. The van der Waals surface area contributed by atoms with Gasteiger partial charge in [0.25, 0.3) is 0 Å². The van der Waals surface area contributed by atoms with Crippen molar-refractivity contribution < 1.29 is 4.74 Å². The van der Waals surface area contributed by atoms with Crippen LogP contribution in [0.15, 0.2) is 41.9 Å². The van der Waals surface area contributed by atoms with Gasteiger partial charge in [-0.25, -0.2) is 0 Å². The Labute approximate surface area is 188 Å². The lowest BCUT2D eigenvalue weighted by Crippen LogP contribution is -2.43. The van der Waals surface area contributed by atoms with Crippen molar-refractivity contribution >= 4 is 29.9 Å². The topological polar surface area (TPSA) is 40.1 Å². The second kappa shape index (κ2) is 13.8. The summed E-state index contributed by atoms with van der Waals surface area (Å²) in [7, 11) is 5.68. The first-order chi connectivity index (χ1) is 13.2. The number of piperidine rings is 1. The maximum Gasteiger partial charge on any atom is 0.193 e. The third-order valence-electron chi connectivity index (χ3n) is 5.30. The van der Waals surface area contributed by atoms with E-state index in [1.165, 1.54) is 18.4 Å². The van der Waals surface area contributed by atoms with Crippen molar-refractivity contribution in [1.29, 1.82) is 0 Å². The summed E-state index contributed by atoms with van der Waals surface area (Å²) in [6.45, 7) is 9.14. The Morgan fingerprint density at radius 3 is 2.57 bits per heavy atom. The van der Waals surface area contributed by atoms with Gasteiger partial charge in [0, 0.05) is 33.7 Å². The monoisotopic (exact) mass is 500 g/mol. The van der Waals surface area contributed by atoms with E-state index in [0.29, 0.717) is 0 Å². The number of halogens is 1. The highest BCUT2D eigenvalue weighted by Gasteiger charge is 2.20. The van der Waals surface area contributed by atoms with E-state index in [-0.39, 0.29) is 24.0 Å². The van der Waals surface area contributed by atoms with E-state index in [1.54, 1.807) is 7.11 Å². The van der Waals surface area contributed by atoms with Gasteiger partial charge in [0.05, 0.1) is 7.11 Å². The van der Waals surface area contributed by atoms with Gasteiger partial charge in [0.2, 0.25) is 0 Å². The molecule has 0 bridgehead atoms. The normalized spacial score (nSPS) is 15.6. The van der Waals surface area contributed by atoms with Crippen molar-refractivity contribution in [3.63, 3.8) is 0 Å². The number of likely N-dealkylation sites (tertiary alicyclic amines) is 1. The van der Waals surface area contributed by atoms with Crippen LogP contribution in [-0.2, 0) is 6.54 Å². The fourth-order valence-electron chi connectivity index (χ4n) is 3.54. The van der Waals surface area contributed by atoms with Gasteiger partial charge >= 0.3 is 0 Å². The van der Waals surface area contributed by atoms with E-state index in [4.69, 9.17) is 4.74 Å². The number of allylic oxidation sites excluding steroid dienone is 1. The largest absolute Gasteiger partial charge is 0.497 e. The van der Waals surface area contributed by atoms with E-state index in [1.807, 2.05) is 25.3 Å². The molecule has 1 aromatic carbocycles. The van der Waals surface area contributed by atoms with Crippen LogP contribution in [0, 0.1) is 5.92 Å². The molecule has 1 N–H and O–H groups in total.